The van der Waals surface area contributed by atoms with Crippen molar-refractivity contribution in [2.75, 3.05) is 51.2 Å². The van der Waals surface area contributed by atoms with Crippen molar-refractivity contribution in [3.63, 3.8) is 0 Å². The van der Waals surface area contributed by atoms with Gasteiger partial charge >= 0.3 is 0 Å². The first-order chi connectivity index (χ1) is 14.2. The second kappa shape index (κ2) is 12.6. The van der Waals surface area contributed by atoms with Crippen LogP contribution in [0.1, 0.15) is 17.5 Å². The van der Waals surface area contributed by atoms with Crippen molar-refractivity contribution in [1.29, 1.82) is 0 Å². The van der Waals surface area contributed by atoms with Gasteiger partial charge in [-0.05, 0) is 43.1 Å². The molecule has 7 nitrogen and oxygen atoms in total. The highest BCUT2D eigenvalue weighted by atomic mass is 127. The minimum Gasteiger partial charge on any atom is -0.356 e. The van der Waals surface area contributed by atoms with Gasteiger partial charge in [0.05, 0.1) is 0 Å². The molecule has 0 bridgehead atoms. The second-order valence-electron chi connectivity index (χ2n) is 7.17. The zero-order valence-corrected chi connectivity index (χ0v) is 20.0. The maximum atomic E-state index is 13.4. The van der Waals surface area contributed by atoms with E-state index in [-0.39, 0.29) is 29.8 Å². The maximum absolute atomic E-state index is 13.4. The zero-order chi connectivity index (χ0) is 20.5. The van der Waals surface area contributed by atoms with Crippen molar-refractivity contribution >= 4 is 35.9 Å². The molecule has 164 valence electrons. The molecule has 9 heteroatoms. The Morgan fingerprint density at radius 1 is 1.13 bits per heavy atom. The van der Waals surface area contributed by atoms with Crippen molar-refractivity contribution in [2.24, 2.45) is 4.99 Å². The second-order valence-corrected chi connectivity index (χ2v) is 7.17. The van der Waals surface area contributed by atoms with E-state index in [1.54, 1.807) is 32.4 Å². The summed E-state index contributed by atoms with van der Waals surface area (Å²) in [6, 6.07) is 7.00. The van der Waals surface area contributed by atoms with Crippen LogP contribution in [0.2, 0.25) is 0 Å². The fraction of sp³-hybridized carbons (Fsp3) is 0.476. The first-order valence-corrected chi connectivity index (χ1v) is 10.1. The molecule has 0 amide bonds. The average molecular weight is 527 g/mol. The Labute approximate surface area is 195 Å². The molecule has 3 rings (SSSR count). The highest BCUT2D eigenvalue weighted by Gasteiger charge is 2.18. The van der Waals surface area contributed by atoms with Crippen molar-refractivity contribution in [3.05, 3.63) is 53.6 Å². The van der Waals surface area contributed by atoms with Gasteiger partial charge in [-0.2, -0.15) is 0 Å². The van der Waals surface area contributed by atoms with Crippen LogP contribution in [0.5, 0.6) is 0 Å². The Hall–Kier alpha value is -2.01. The number of nitrogens with zero attached hydrogens (tertiary/aromatic N) is 5. The lowest BCUT2D eigenvalue weighted by atomic mass is 10.1. The van der Waals surface area contributed by atoms with Crippen LogP contribution in [0.25, 0.3) is 0 Å². The predicted molar refractivity (Wildman–Crippen MR) is 130 cm³/mol. The molecular weight excluding hydrogens is 496 g/mol. The van der Waals surface area contributed by atoms with E-state index in [1.807, 2.05) is 12.1 Å². The van der Waals surface area contributed by atoms with Crippen molar-refractivity contribution in [1.82, 2.24) is 25.5 Å². The predicted octanol–water partition coefficient (Wildman–Crippen LogP) is 2.42. The van der Waals surface area contributed by atoms with Gasteiger partial charge in [-0.15, -0.1) is 24.0 Å². The molecule has 1 saturated heterocycles. The highest BCUT2D eigenvalue weighted by Crippen LogP contribution is 2.10. The number of nitrogens with one attached hydrogen (secondary N) is 2. The number of anilines is 1. The van der Waals surface area contributed by atoms with Crippen LogP contribution < -0.4 is 15.5 Å². The van der Waals surface area contributed by atoms with Crippen molar-refractivity contribution < 1.29 is 4.39 Å². The van der Waals surface area contributed by atoms with Gasteiger partial charge in [-0.25, -0.2) is 14.4 Å². The number of benzene rings is 1. The van der Waals surface area contributed by atoms with Crippen LogP contribution >= 0.6 is 24.0 Å². The van der Waals surface area contributed by atoms with E-state index in [1.165, 1.54) is 6.07 Å². The van der Waals surface area contributed by atoms with E-state index in [0.29, 0.717) is 12.1 Å². The lowest BCUT2D eigenvalue weighted by molar-refractivity contribution is 0.254. The SMILES string of the molecule is CN=C(NCCCN1CCN(c2ncccn2)CC1)NCc1ccc(F)c(C)c1.I. The molecule has 0 atom stereocenters. The molecule has 30 heavy (non-hydrogen) atoms. The maximum Gasteiger partial charge on any atom is 0.225 e. The molecule has 2 heterocycles. The van der Waals surface area contributed by atoms with Gasteiger partial charge in [0, 0.05) is 58.7 Å². The summed E-state index contributed by atoms with van der Waals surface area (Å²) < 4.78 is 13.4. The lowest BCUT2D eigenvalue weighted by Gasteiger charge is -2.34. The minimum atomic E-state index is -0.173. The van der Waals surface area contributed by atoms with Crippen LogP contribution in [0.15, 0.2) is 41.7 Å². The van der Waals surface area contributed by atoms with Gasteiger partial charge in [0.2, 0.25) is 5.95 Å². The van der Waals surface area contributed by atoms with Crippen LogP contribution in [0.4, 0.5) is 10.3 Å². The molecule has 1 aliphatic rings. The van der Waals surface area contributed by atoms with Gasteiger partial charge < -0.3 is 15.5 Å². The van der Waals surface area contributed by atoms with Gasteiger partial charge in [-0.3, -0.25) is 9.89 Å². The Balaban J connectivity index is 0.00000320. The monoisotopic (exact) mass is 527 g/mol. The number of guanidine groups is 1. The molecule has 2 aromatic rings. The van der Waals surface area contributed by atoms with E-state index < -0.39 is 0 Å². The summed E-state index contributed by atoms with van der Waals surface area (Å²) in [7, 11) is 1.76. The largest absolute Gasteiger partial charge is 0.356 e. The first kappa shape index (κ1) is 24.3. The molecule has 0 saturated carbocycles. The number of hydrogen-bond acceptors (Lipinski definition) is 5. The molecule has 0 aliphatic carbocycles. The zero-order valence-electron chi connectivity index (χ0n) is 17.6. The summed E-state index contributed by atoms with van der Waals surface area (Å²) in [5, 5.41) is 6.62. The van der Waals surface area contributed by atoms with Crippen molar-refractivity contribution in [3.8, 4) is 0 Å². The molecule has 1 aromatic heterocycles. The minimum absolute atomic E-state index is 0. The third-order valence-electron chi connectivity index (χ3n) is 5.06. The quantitative estimate of drug-likeness (QED) is 0.250. The Kier molecular flexibility index (Phi) is 10.2. The van der Waals surface area contributed by atoms with E-state index in [2.05, 4.69) is 35.4 Å². The normalized spacial score (nSPS) is 14.9. The van der Waals surface area contributed by atoms with Crippen LogP contribution in [-0.2, 0) is 6.54 Å². The lowest BCUT2D eigenvalue weighted by Crippen LogP contribution is -2.47. The van der Waals surface area contributed by atoms with Gasteiger partial charge in [-0.1, -0.05) is 12.1 Å². The van der Waals surface area contributed by atoms with Gasteiger partial charge in [0.1, 0.15) is 5.82 Å². The molecule has 0 radical (unpaired) electrons. The number of piperazine rings is 1. The van der Waals surface area contributed by atoms with E-state index in [4.69, 9.17) is 0 Å². The number of halogens is 2. The molecule has 0 spiro atoms. The topological polar surface area (TPSA) is 68.7 Å². The Bertz CT molecular complexity index is 795. The summed E-state index contributed by atoms with van der Waals surface area (Å²) in [6.07, 6.45) is 4.62. The van der Waals surface area contributed by atoms with Crippen LogP contribution in [-0.4, -0.2) is 67.1 Å². The fourth-order valence-corrected chi connectivity index (χ4v) is 3.36. The van der Waals surface area contributed by atoms with E-state index in [9.17, 15) is 4.39 Å². The van der Waals surface area contributed by atoms with Crippen LogP contribution in [0.3, 0.4) is 0 Å². The summed E-state index contributed by atoms with van der Waals surface area (Å²) in [5.41, 5.74) is 1.69. The van der Waals surface area contributed by atoms with Gasteiger partial charge in [0.15, 0.2) is 5.96 Å². The molecule has 1 fully saturated rings. The number of aromatic nitrogens is 2. The summed E-state index contributed by atoms with van der Waals surface area (Å²) >= 11 is 0. The first-order valence-electron chi connectivity index (χ1n) is 10.1. The van der Waals surface area contributed by atoms with Crippen LogP contribution in [0, 0.1) is 12.7 Å². The van der Waals surface area contributed by atoms with E-state index >= 15 is 0 Å². The molecule has 2 N–H and O–H groups in total. The standard InChI is InChI=1S/C21H30FN7.HI/c1-17-15-18(5-6-19(17)22)16-27-20(23-2)24-9-4-10-28-11-13-29(14-12-28)21-25-7-3-8-26-21;/h3,5-8,15H,4,9-14,16H2,1-2H3,(H2,23,24,27);1H. The smallest absolute Gasteiger partial charge is 0.225 e. The average Bonchev–Trinajstić information content (AvgIpc) is 2.76. The third-order valence-corrected chi connectivity index (χ3v) is 5.06. The molecule has 1 aromatic carbocycles. The summed E-state index contributed by atoms with van der Waals surface area (Å²) in [5.74, 6) is 1.41. The third kappa shape index (κ3) is 7.35. The number of aliphatic imine (C=N–C) groups is 1. The van der Waals surface area contributed by atoms with Gasteiger partial charge in [0.25, 0.3) is 0 Å². The van der Waals surface area contributed by atoms with E-state index in [0.717, 1.165) is 63.2 Å². The number of rotatable bonds is 7. The highest BCUT2D eigenvalue weighted by molar-refractivity contribution is 14.0. The summed E-state index contributed by atoms with van der Waals surface area (Å²) in [4.78, 5) is 17.6. The Morgan fingerprint density at radius 3 is 2.53 bits per heavy atom. The molecule has 1 aliphatic heterocycles. The van der Waals surface area contributed by atoms with Crippen molar-refractivity contribution in [2.45, 2.75) is 19.9 Å². The molecule has 0 unspecified atom stereocenters. The molecular formula is C21H31FIN7. The number of hydrogen-bond donors (Lipinski definition) is 2. The Morgan fingerprint density at radius 2 is 1.87 bits per heavy atom. The summed E-state index contributed by atoms with van der Waals surface area (Å²) in [6.45, 7) is 8.25. The fourth-order valence-electron chi connectivity index (χ4n) is 3.36. The number of aryl methyl sites for hydroxylation is 1.